The fourth-order valence-corrected chi connectivity index (χ4v) is 5.63. The molecule has 26 heavy (non-hydrogen) atoms. The van der Waals surface area contributed by atoms with E-state index in [2.05, 4.69) is 31.5 Å². The number of carbonyl (C=O) groups is 1. The Bertz CT molecular complexity index is 803. The average Bonchev–Trinajstić information content (AvgIpc) is 3.24. The average molecular weight is 372 g/mol. The highest BCUT2D eigenvalue weighted by Gasteiger charge is 2.33. The summed E-state index contributed by atoms with van der Waals surface area (Å²) in [6.07, 6.45) is 4.23. The first kappa shape index (κ1) is 16.5. The molecule has 3 atom stereocenters. The van der Waals surface area contributed by atoms with Crippen molar-refractivity contribution in [3.05, 3.63) is 24.0 Å². The number of piperidine rings is 1. The maximum atomic E-state index is 12.7. The molecular weight excluding hydrogens is 346 g/mol. The van der Waals surface area contributed by atoms with Crippen LogP contribution in [-0.4, -0.2) is 67.6 Å². The molecule has 2 N–H and O–H groups in total. The first-order valence-corrected chi connectivity index (χ1v) is 10.4. The monoisotopic (exact) mass is 371 g/mol. The van der Waals surface area contributed by atoms with Crippen molar-refractivity contribution in [2.24, 2.45) is 5.92 Å². The first-order valence-electron chi connectivity index (χ1n) is 9.63. The van der Waals surface area contributed by atoms with Crippen molar-refractivity contribution in [2.45, 2.75) is 18.9 Å². The van der Waals surface area contributed by atoms with Gasteiger partial charge < -0.3 is 20.4 Å². The number of pyridine rings is 1. The molecule has 2 aromatic rings. The van der Waals surface area contributed by atoms with E-state index in [9.17, 15) is 4.79 Å². The summed E-state index contributed by atoms with van der Waals surface area (Å²) in [6.45, 7) is 7.50. The van der Waals surface area contributed by atoms with Crippen LogP contribution in [0.15, 0.2) is 18.3 Å². The fraction of sp³-hybridized carbons (Fsp3) is 0.579. The molecule has 138 valence electrons. The molecule has 5 heterocycles. The van der Waals surface area contributed by atoms with Crippen LogP contribution >= 0.6 is 11.3 Å². The van der Waals surface area contributed by atoms with Gasteiger partial charge in [0.25, 0.3) is 5.91 Å². The van der Waals surface area contributed by atoms with Crippen molar-refractivity contribution in [3.8, 4) is 0 Å². The largest absolute Gasteiger partial charge is 0.361 e. The van der Waals surface area contributed by atoms with Crippen LogP contribution in [0, 0.1) is 5.92 Å². The molecule has 3 fully saturated rings. The quantitative estimate of drug-likeness (QED) is 0.857. The van der Waals surface area contributed by atoms with Crippen LogP contribution < -0.4 is 15.5 Å². The molecular formula is C19H25N5OS. The fourth-order valence-electron chi connectivity index (χ4n) is 4.51. The second-order valence-corrected chi connectivity index (χ2v) is 8.81. The Morgan fingerprint density at radius 1 is 1.23 bits per heavy atom. The highest BCUT2D eigenvalue weighted by atomic mass is 32.1. The molecule has 0 spiro atoms. The number of nitrogens with zero attached hydrogens (tertiary/aromatic N) is 3. The van der Waals surface area contributed by atoms with Crippen LogP contribution in [0.5, 0.6) is 0 Å². The zero-order chi connectivity index (χ0) is 17.5. The Kier molecular flexibility index (Phi) is 4.30. The molecule has 0 aliphatic carbocycles. The summed E-state index contributed by atoms with van der Waals surface area (Å²) in [4.78, 5) is 22.0. The minimum absolute atomic E-state index is 0.0310. The molecule has 3 aliphatic rings. The van der Waals surface area contributed by atoms with Gasteiger partial charge in [-0.2, -0.15) is 0 Å². The SMILES string of the molecule is O=C(N[C@@H]1C[C@H]2CCN(C2)C1)c1cc2sc(N3CCNCC3)cc2cn1. The lowest BCUT2D eigenvalue weighted by Crippen LogP contribution is -2.47. The summed E-state index contributed by atoms with van der Waals surface area (Å²) in [7, 11) is 0. The maximum absolute atomic E-state index is 12.7. The van der Waals surface area contributed by atoms with Gasteiger partial charge in [0, 0.05) is 61.6 Å². The number of thiophene rings is 1. The number of anilines is 1. The Labute approximate surface area is 157 Å². The molecule has 1 unspecified atom stereocenters. The predicted octanol–water partition coefficient (Wildman–Crippen LogP) is 1.53. The van der Waals surface area contributed by atoms with E-state index in [1.54, 1.807) is 11.3 Å². The number of hydrogen-bond donors (Lipinski definition) is 2. The van der Waals surface area contributed by atoms with Crippen molar-refractivity contribution in [1.29, 1.82) is 0 Å². The number of amides is 1. The zero-order valence-corrected chi connectivity index (χ0v) is 15.7. The normalized spacial score (nSPS) is 28.5. The Morgan fingerprint density at radius 3 is 2.96 bits per heavy atom. The second kappa shape index (κ2) is 6.79. The van der Waals surface area contributed by atoms with Crippen LogP contribution in [0.1, 0.15) is 23.3 Å². The van der Waals surface area contributed by atoms with E-state index in [0.717, 1.165) is 55.1 Å². The molecule has 7 heteroatoms. The van der Waals surface area contributed by atoms with Gasteiger partial charge in [0.2, 0.25) is 0 Å². The first-order chi connectivity index (χ1) is 12.7. The lowest BCUT2D eigenvalue weighted by molar-refractivity contribution is 0.0904. The summed E-state index contributed by atoms with van der Waals surface area (Å²) in [5, 5.41) is 9.00. The van der Waals surface area contributed by atoms with Crippen LogP contribution in [0.25, 0.3) is 10.1 Å². The minimum atomic E-state index is -0.0310. The summed E-state index contributed by atoms with van der Waals surface area (Å²) >= 11 is 1.76. The minimum Gasteiger partial charge on any atom is -0.361 e. The molecule has 0 aromatic carbocycles. The lowest BCUT2D eigenvalue weighted by Gasteiger charge is -2.30. The highest BCUT2D eigenvalue weighted by molar-refractivity contribution is 7.22. The van der Waals surface area contributed by atoms with Crippen LogP contribution in [0.2, 0.25) is 0 Å². The number of aromatic nitrogens is 1. The van der Waals surface area contributed by atoms with Crippen molar-refractivity contribution in [2.75, 3.05) is 50.7 Å². The van der Waals surface area contributed by atoms with Gasteiger partial charge >= 0.3 is 0 Å². The second-order valence-electron chi connectivity index (χ2n) is 7.75. The molecule has 2 aromatic heterocycles. The third kappa shape index (κ3) is 3.19. The van der Waals surface area contributed by atoms with Crippen LogP contribution in [0.3, 0.4) is 0 Å². The molecule has 3 aliphatic heterocycles. The van der Waals surface area contributed by atoms with E-state index in [1.807, 2.05) is 12.3 Å². The summed E-state index contributed by atoms with van der Waals surface area (Å²) in [5.41, 5.74) is 0.541. The van der Waals surface area contributed by atoms with Gasteiger partial charge in [0.1, 0.15) is 5.69 Å². The molecule has 5 rings (SSSR count). The topological polar surface area (TPSA) is 60.5 Å². The molecule has 2 bridgehead atoms. The third-order valence-electron chi connectivity index (χ3n) is 5.85. The van der Waals surface area contributed by atoms with Gasteiger partial charge in [-0.3, -0.25) is 9.78 Å². The maximum Gasteiger partial charge on any atom is 0.270 e. The van der Waals surface area contributed by atoms with Crippen molar-refractivity contribution in [1.82, 2.24) is 20.5 Å². The van der Waals surface area contributed by atoms with E-state index >= 15 is 0 Å². The van der Waals surface area contributed by atoms with Gasteiger partial charge in [-0.25, -0.2) is 0 Å². The number of rotatable bonds is 3. The molecule has 0 saturated carbocycles. The van der Waals surface area contributed by atoms with Crippen molar-refractivity contribution < 1.29 is 4.79 Å². The van der Waals surface area contributed by atoms with E-state index in [0.29, 0.717) is 5.69 Å². The van der Waals surface area contributed by atoms with Gasteiger partial charge in [0.05, 0.1) is 5.00 Å². The number of fused-ring (bicyclic) bond motifs is 3. The Hall–Kier alpha value is -1.70. The van der Waals surface area contributed by atoms with Crippen molar-refractivity contribution in [3.63, 3.8) is 0 Å². The smallest absolute Gasteiger partial charge is 0.270 e. The van der Waals surface area contributed by atoms with Crippen molar-refractivity contribution >= 4 is 32.3 Å². The van der Waals surface area contributed by atoms with E-state index in [-0.39, 0.29) is 11.9 Å². The number of hydrogen-bond acceptors (Lipinski definition) is 6. The zero-order valence-electron chi connectivity index (χ0n) is 14.9. The third-order valence-corrected chi connectivity index (χ3v) is 7.01. The van der Waals surface area contributed by atoms with Gasteiger partial charge in [-0.15, -0.1) is 11.3 Å². The molecule has 6 nitrogen and oxygen atoms in total. The van der Waals surface area contributed by atoms with Gasteiger partial charge in [-0.05, 0) is 37.4 Å². The summed E-state index contributed by atoms with van der Waals surface area (Å²) in [5.74, 6) is 0.722. The lowest BCUT2D eigenvalue weighted by atomic mass is 9.97. The van der Waals surface area contributed by atoms with E-state index in [4.69, 9.17) is 0 Å². The highest BCUT2D eigenvalue weighted by Crippen LogP contribution is 2.33. The Morgan fingerprint density at radius 2 is 2.12 bits per heavy atom. The van der Waals surface area contributed by atoms with Crippen LogP contribution in [0.4, 0.5) is 5.00 Å². The van der Waals surface area contributed by atoms with E-state index in [1.165, 1.54) is 24.5 Å². The standard InChI is InChI=1S/C19H25N5OS/c25-19(22-15-7-13-1-4-23(11-13)12-15)16-9-17-14(10-21-16)8-18(26-17)24-5-2-20-3-6-24/h8-10,13,15,20H,1-7,11-12H2,(H,22,25)/t13-,15-/m1/s1. The Balaban J connectivity index is 1.31. The van der Waals surface area contributed by atoms with Crippen LogP contribution in [-0.2, 0) is 0 Å². The summed E-state index contributed by atoms with van der Waals surface area (Å²) in [6, 6.07) is 4.42. The molecule has 0 radical (unpaired) electrons. The van der Waals surface area contributed by atoms with Gasteiger partial charge in [-0.1, -0.05) is 0 Å². The molecule has 1 amide bonds. The predicted molar refractivity (Wildman–Crippen MR) is 105 cm³/mol. The van der Waals surface area contributed by atoms with Gasteiger partial charge in [0.15, 0.2) is 0 Å². The number of carbonyl (C=O) groups excluding carboxylic acids is 1. The molecule has 3 saturated heterocycles. The number of nitrogens with one attached hydrogen (secondary N) is 2. The van der Waals surface area contributed by atoms with E-state index < -0.39 is 0 Å². The number of piperazine rings is 1. The summed E-state index contributed by atoms with van der Waals surface area (Å²) < 4.78 is 1.14.